The molecule has 1 aromatic heterocycles. The van der Waals surface area contributed by atoms with Gasteiger partial charge in [0, 0.05) is 31.7 Å². The standard InChI is InChI=1S/C10H17N5O2/c16-4-3-15-7-9(13-14-15)6-11-8-1-2-10(17)12-5-8/h7-8,11,16H,1-6H2,(H,12,17). The monoisotopic (exact) mass is 239 g/mol. The summed E-state index contributed by atoms with van der Waals surface area (Å²) in [5.41, 5.74) is 0.843. The lowest BCUT2D eigenvalue weighted by atomic mass is 10.1. The second-order valence-electron chi connectivity index (χ2n) is 4.12. The number of aliphatic hydroxyl groups is 1. The Morgan fingerprint density at radius 2 is 2.53 bits per heavy atom. The van der Waals surface area contributed by atoms with Gasteiger partial charge in [0.15, 0.2) is 0 Å². The summed E-state index contributed by atoms with van der Waals surface area (Å²) >= 11 is 0. The lowest BCUT2D eigenvalue weighted by Gasteiger charge is -2.22. The maximum absolute atomic E-state index is 11.0. The second kappa shape index (κ2) is 5.74. The van der Waals surface area contributed by atoms with E-state index in [9.17, 15) is 4.79 Å². The molecule has 1 aliphatic heterocycles. The van der Waals surface area contributed by atoms with Crippen molar-refractivity contribution in [2.45, 2.75) is 32.0 Å². The summed E-state index contributed by atoms with van der Waals surface area (Å²) in [4.78, 5) is 11.0. The number of nitrogens with zero attached hydrogens (tertiary/aromatic N) is 3. The highest BCUT2D eigenvalue weighted by Crippen LogP contribution is 2.03. The minimum Gasteiger partial charge on any atom is -0.394 e. The van der Waals surface area contributed by atoms with Gasteiger partial charge in [0.2, 0.25) is 5.91 Å². The predicted molar refractivity (Wildman–Crippen MR) is 60.0 cm³/mol. The van der Waals surface area contributed by atoms with E-state index in [4.69, 9.17) is 5.11 Å². The van der Waals surface area contributed by atoms with Crippen LogP contribution in [-0.4, -0.2) is 45.2 Å². The smallest absolute Gasteiger partial charge is 0.220 e. The largest absolute Gasteiger partial charge is 0.394 e. The number of aliphatic hydroxyl groups excluding tert-OH is 1. The average molecular weight is 239 g/mol. The van der Waals surface area contributed by atoms with Gasteiger partial charge in [0.1, 0.15) is 0 Å². The van der Waals surface area contributed by atoms with Gasteiger partial charge in [-0.1, -0.05) is 5.21 Å². The van der Waals surface area contributed by atoms with E-state index in [-0.39, 0.29) is 12.5 Å². The molecule has 1 aromatic rings. The number of rotatable bonds is 5. The Kier molecular flexibility index (Phi) is 4.05. The van der Waals surface area contributed by atoms with Crippen LogP contribution in [0.15, 0.2) is 6.20 Å². The lowest BCUT2D eigenvalue weighted by Crippen LogP contribution is -2.45. The third-order valence-electron chi connectivity index (χ3n) is 2.75. The molecule has 7 nitrogen and oxygen atoms in total. The molecule has 2 heterocycles. The van der Waals surface area contributed by atoms with Gasteiger partial charge in [-0.15, -0.1) is 5.10 Å². The number of carbonyl (C=O) groups is 1. The van der Waals surface area contributed by atoms with Crippen LogP contribution < -0.4 is 10.6 Å². The molecule has 1 amide bonds. The summed E-state index contributed by atoms with van der Waals surface area (Å²) in [6, 6.07) is 0.302. The zero-order valence-electron chi connectivity index (χ0n) is 9.59. The van der Waals surface area contributed by atoms with Crippen LogP contribution in [0.3, 0.4) is 0 Å². The SMILES string of the molecule is O=C1CCC(NCc2cn(CCO)nn2)CN1. The molecule has 94 valence electrons. The summed E-state index contributed by atoms with van der Waals surface area (Å²) in [6.07, 6.45) is 3.25. The minimum atomic E-state index is 0.0604. The zero-order valence-corrected chi connectivity index (χ0v) is 9.59. The number of hydrogen-bond acceptors (Lipinski definition) is 5. The van der Waals surface area contributed by atoms with E-state index >= 15 is 0 Å². The number of aromatic nitrogens is 3. The molecule has 2 rings (SSSR count). The summed E-state index contributed by atoms with van der Waals surface area (Å²) in [7, 11) is 0. The first-order valence-electron chi connectivity index (χ1n) is 5.78. The van der Waals surface area contributed by atoms with Gasteiger partial charge in [-0.2, -0.15) is 0 Å². The van der Waals surface area contributed by atoms with Gasteiger partial charge in [-0.05, 0) is 6.42 Å². The van der Waals surface area contributed by atoms with Gasteiger partial charge < -0.3 is 15.7 Å². The van der Waals surface area contributed by atoms with Crippen LogP contribution in [0.25, 0.3) is 0 Å². The van der Waals surface area contributed by atoms with E-state index in [0.717, 1.165) is 12.1 Å². The predicted octanol–water partition coefficient (Wildman–Crippen LogP) is -1.36. The van der Waals surface area contributed by atoms with Crippen molar-refractivity contribution in [2.75, 3.05) is 13.2 Å². The maximum Gasteiger partial charge on any atom is 0.220 e. The first-order chi connectivity index (χ1) is 8.28. The van der Waals surface area contributed by atoms with E-state index in [2.05, 4.69) is 20.9 Å². The molecule has 1 atom stereocenters. The van der Waals surface area contributed by atoms with E-state index in [0.29, 0.717) is 32.1 Å². The number of amides is 1. The second-order valence-corrected chi connectivity index (χ2v) is 4.12. The molecular formula is C10H17N5O2. The van der Waals surface area contributed by atoms with Gasteiger partial charge in [0.05, 0.1) is 18.8 Å². The van der Waals surface area contributed by atoms with Gasteiger partial charge in [-0.3, -0.25) is 4.79 Å². The van der Waals surface area contributed by atoms with Crippen LogP contribution in [0.5, 0.6) is 0 Å². The fourth-order valence-electron chi connectivity index (χ4n) is 1.79. The van der Waals surface area contributed by atoms with Crippen molar-refractivity contribution in [3.63, 3.8) is 0 Å². The van der Waals surface area contributed by atoms with Crippen LogP contribution in [0, 0.1) is 0 Å². The highest BCUT2D eigenvalue weighted by molar-refractivity contribution is 5.76. The number of piperidine rings is 1. The zero-order chi connectivity index (χ0) is 12.1. The Morgan fingerprint density at radius 3 is 3.24 bits per heavy atom. The van der Waals surface area contributed by atoms with Crippen LogP contribution >= 0.6 is 0 Å². The molecule has 0 bridgehead atoms. The van der Waals surface area contributed by atoms with Gasteiger partial charge in [-0.25, -0.2) is 4.68 Å². The highest BCUT2D eigenvalue weighted by atomic mass is 16.3. The molecule has 0 radical (unpaired) electrons. The molecule has 0 spiro atoms. The summed E-state index contributed by atoms with van der Waals surface area (Å²) in [5.74, 6) is 0.122. The van der Waals surface area contributed by atoms with Crippen molar-refractivity contribution in [3.8, 4) is 0 Å². The summed E-state index contributed by atoms with van der Waals surface area (Å²) in [6.45, 7) is 1.83. The van der Waals surface area contributed by atoms with Gasteiger partial charge >= 0.3 is 0 Å². The van der Waals surface area contributed by atoms with Gasteiger partial charge in [0.25, 0.3) is 0 Å². The molecule has 3 N–H and O–H groups in total. The molecule has 1 unspecified atom stereocenters. The molecule has 0 saturated carbocycles. The van der Waals surface area contributed by atoms with Crippen molar-refractivity contribution in [3.05, 3.63) is 11.9 Å². The lowest BCUT2D eigenvalue weighted by molar-refractivity contribution is -0.122. The quantitative estimate of drug-likeness (QED) is 0.590. The third kappa shape index (κ3) is 3.50. The topological polar surface area (TPSA) is 92.1 Å². The van der Waals surface area contributed by atoms with Crippen molar-refractivity contribution in [2.24, 2.45) is 0 Å². The molecular weight excluding hydrogens is 222 g/mol. The Hall–Kier alpha value is -1.47. The number of hydrogen-bond donors (Lipinski definition) is 3. The van der Waals surface area contributed by atoms with E-state index in [1.54, 1.807) is 4.68 Å². The summed E-state index contributed by atoms with van der Waals surface area (Å²) < 4.78 is 1.61. The fraction of sp³-hybridized carbons (Fsp3) is 0.700. The Labute approximate surface area is 99.2 Å². The fourth-order valence-corrected chi connectivity index (χ4v) is 1.79. The number of nitrogens with one attached hydrogen (secondary N) is 2. The molecule has 0 aromatic carbocycles. The van der Waals surface area contributed by atoms with E-state index in [1.807, 2.05) is 6.20 Å². The van der Waals surface area contributed by atoms with Crippen LogP contribution in [0.2, 0.25) is 0 Å². The molecule has 0 aliphatic carbocycles. The van der Waals surface area contributed by atoms with Crippen LogP contribution in [0.1, 0.15) is 18.5 Å². The minimum absolute atomic E-state index is 0.0604. The first kappa shape index (κ1) is 12.0. The summed E-state index contributed by atoms with van der Waals surface area (Å²) in [5, 5.41) is 22.7. The van der Waals surface area contributed by atoms with Crippen molar-refractivity contribution in [1.82, 2.24) is 25.6 Å². The molecule has 1 fully saturated rings. The molecule has 1 aliphatic rings. The van der Waals surface area contributed by atoms with E-state index in [1.165, 1.54) is 0 Å². The third-order valence-corrected chi connectivity index (χ3v) is 2.75. The average Bonchev–Trinajstić information content (AvgIpc) is 2.77. The first-order valence-corrected chi connectivity index (χ1v) is 5.78. The molecule has 7 heteroatoms. The van der Waals surface area contributed by atoms with Crippen molar-refractivity contribution in [1.29, 1.82) is 0 Å². The van der Waals surface area contributed by atoms with Crippen LogP contribution in [0.4, 0.5) is 0 Å². The van der Waals surface area contributed by atoms with Crippen molar-refractivity contribution < 1.29 is 9.90 Å². The highest BCUT2D eigenvalue weighted by Gasteiger charge is 2.17. The van der Waals surface area contributed by atoms with E-state index < -0.39 is 0 Å². The molecule has 17 heavy (non-hydrogen) atoms. The number of carbonyl (C=O) groups excluding carboxylic acids is 1. The van der Waals surface area contributed by atoms with Crippen LogP contribution in [-0.2, 0) is 17.9 Å². The molecule has 1 saturated heterocycles. The Balaban J connectivity index is 1.75. The Morgan fingerprint density at radius 1 is 1.65 bits per heavy atom. The normalized spacial score (nSPS) is 20.3. The maximum atomic E-state index is 11.0. The van der Waals surface area contributed by atoms with Crippen molar-refractivity contribution >= 4 is 5.91 Å². The Bertz CT molecular complexity index is 369.